The van der Waals surface area contributed by atoms with Crippen molar-refractivity contribution < 1.29 is 13.5 Å². The molecule has 2 aromatic carbocycles. The van der Waals surface area contributed by atoms with Gasteiger partial charge < -0.3 is 10.8 Å². The number of nitrogens with two attached hydrogens (primary N) is 1. The molecule has 5 nitrogen and oxygen atoms in total. The summed E-state index contributed by atoms with van der Waals surface area (Å²) in [6.07, 6.45) is 1.83. The number of hydrogen-bond donors (Lipinski definition) is 3. The Labute approximate surface area is 179 Å². The molecule has 2 aliphatic rings. The van der Waals surface area contributed by atoms with Crippen LogP contribution in [0.2, 0.25) is 0 Å². The Kier molecular flexibility index (Phi) is 5.56. The van der Waals surface area contributed by atoms with E-state index in [4.69, 9.17) is 5.73 Å². The third-order valence-corrected chi connectivity index (χ3v) is 9.35. The zero-order valence-corrected chi connectivity index (χ0v) is 18.5. The summed E-state index contributed by atoms with van der Waals surface area (Å²) in [6, 6.07) is 17.9. The first-order chi connectivity index (χ1) is 14.2. The van der Waals surface area contributed by atoms with Gasteiger partial charge in [-0.3, -0.25) is 0 Å². The highest BCUT2D eigenvalue weighted by Crippen LogP contribution is 2.66. The minimum atomic E-state index is -3.70. The number of rotatable bonds is 7. The smallest absolute Gasteiger partial charge is 0.212 e. The van der Waals surface area contributed by atoms with Gasteiger partial charge in [0.25, 0.3) is 0 Å². The second kappa shape index (κ2) is 7.75. The fourth-order valence-electron chi connectivity index (χ4n) is 5.83. The van der Waals surface area contributed by atoms with Crippen LogP contribution in [0.5, 0.6) is 0 Å². The lowest BCUT2D eigenvalue weighted by Crippen LogP contribution is -2.48. The molecule has 0 heterocycles. The van der Waals surface area contributed by atoms with E-state index in [9.17, 15) is 13.5 Å². The molecule has 4 N–H and O–H groups in total. The summed E-state index contributed by atoms with van der Waals surface area (Å²) in [6.45, 7) is 4.22. The van der Waals surface area contributed by atoms with Crippen molar-refractivity contribution in [1.29, 1.82) is 0 Å². The molecule has 5 atom stereocenters. The van der Waals surface area contributed by atoms with E-state index < -0.39 is 33.6 Å². The van der Waals surface area contributed by atoms with E-state index in [-0.39, 0.29) is 11.2 Å². The summed E-state index contributed by atoms with van der Waals surface area (Å²) in [4.78, 5) is 0. The number of nitrogens with one attached hydrogen (secondary N) is 1. The SMILES string of the molecule is CC1(C)C2CC[C@]1(CS(=O)(=O)N[C@@H](c1ccccc1)[C@@H](N)c1ccccc1)[C@H](O)C2. The Hall–Kier alpha value is -1.73. The summed E-state index contributed by atoms with van der Waals surface area (Å²) in [5.41, 5.74) is 7.45. The topological polar surface area (TPSA) is 92.4 Å². The number of sulfonamides is 1. The molecule has 0 spiro atoms. The zero-order valence-electron chi connectivity index (χ0n) is 17.7. The van der Waals surface area contributed by atoms with Gasteiger partial charge in [-0.1, -0.05) is 74.5 Å². The van der Waals surface area contributed by atoms with Gasteiger partial charge in [0, 0.05) is 5.41 Å². The highest BCUT2D eigenvalue weighted by atomic mass is 32.2. The predicted octanol–water partition coefficient (Wildman–Crippen LogP) is 3.53. The van der Waals surface area contributed by atoms with Crippen molar-refractivity contribution in [3.05, 3.63) is 71.8 Å². The maximum atomic E-state index is 13.4. The Bertz CT molecular complexity index is 978. The van der Waals surface area contributed by atoms with Crippen molar-refractivity contribution in [2.75, 3.05) is 5.75 Å². The molecule has 2 aromatic rings. The summed E-state index contributed by atoms with van der Waals surface area (Å²) in [5, 5.41) is 10.8. The fourth-order valence-corrected chi connectivity index (χ4v) is 7.97. The molecule has 30 heavy (non-hydrogen) atoms. The molecule has 2 bridgehead atoms. The van der Waals surface area contributed by atoms with E-state index in [1.165, 1.54) is 0 Å². The molecule has 2 aliphatic carbocycles. The average molecular weight is 429 g/mol. The maximum Gasteiger partial charge on any atom is 0.212 e. The van der Waals surface area contributed by atoms with E-state index >= 15 is 0 Å². The molecule has 0 aliphatic heterocycles. The average Bonchev–Trinajstić information content (AvgIpc) is 3.07. The standard InChI is InChI=1S/C24H32N2O3S/c1-23(2)19-13-14-24(23,20(27)15-19)16-30(28,29)26-22(18-11-7-4-8-12-18)21(25)17-9-5-3-6-10-17/h3-12,19-22,26-27H,13-16,25H2,1-2H3/t19?,20-,21+,22+,24+/m1/s1. The quantitative estimate of drug-likeness (QED) is 0.629. The highest BCUT2D eigenvalue weighted by Gasteiger charge is 2.65. The summed E-state index contributed by atoms with van der Waals surface area (Å²) in [7, 11) is -3.70. The van der Waals surface area contributed by atoms with Crippen molar-refractivity contribution in [1.82, 2.24) is 4.72 Å². The molecular formula is C24H32N2O3S. The molecule has 6 heteroatoms. The van der Waals surface area contributed by atoms with Crippen LogP contribution in [0, 0.1) is 16.7 Å². The van der Waals surface area contributed by atoms with Crippen LogP contribution in [0.3, 0.4) is 0 Å². The zero-order chi connectivity index (χ0) is 21.6. The highest BCUT2D eigenvalue weighted by molar-refractivity contribution is 7.89. The first-order valence-corrected chi connectivity index (χ1v) is 12.3. The summed E-state index contributed by atoms with van der Waals surface area (Å²) in [5.74, 6) is 0.300. The molecule has 0 saturated heterocycles. The van der Waals surface area contributed by atoms with Crippen molar-refractivity contribution in [3.8, 4) is 0 Å². The van der Waals surface area contributed by atoms with Crippen LogP contribution in [0.25, 0.3) is 0 Å². The lowest BCUT2D eigenvalue weighted by molar-refractivity contribution is 0.0151. The maximum absolute atomic E-state index is 13.4. The third-order valence-electron chi connectivity index (χ3n) is 7.84. The second-order valence-corrected chi connectivity index (χ2v) is 11.3. The number of fused-ring (bicyclic) bond motifs is 2. The Morgan fingerprint density at radius 2 is 1.63 bits per heavy atom. The van der Waals surface area contributed by atoms with Gasteiger partial charge in [-0.25, -0.2) is 13.1 Å². The number of aliphatic hydroxyl groups is 1. The van der Waals surface area contributed by atoms with Crippen LogP contribution < -0.4 is 10.5 Å². The third kappa shape index (κ3) is 3.60. The molecule has 162 valence electrons. The second-order valence-electron chi connectivity index (χ2n) is 9.57. The molecule has 2 saturated carbocycles. The van der Waals surface area contributed by atoms with Gasteiger partial charge in [-0.05, 0) is 41.7 Å². The van der Waals surface area contributed by atoms with Gasteiger partial charge in [0.2, 0.25) is 10.0 Å². The van der Waals surface area contributed by atoms with Gasteiger partial charge >= 0.3 is 0 Å². The summed E-state index contributed by atoms with van der Waals surface area (Å²) >= 11 is 0. The van der Waals surface area contributed by atoms with E-state index in [2.05, 4.69) is 18.6 Å². The monoisotopic (exact) mass is 428 g/mol. The number of benzene rings is 2. The molecule has 0 aromatic heterocycles. The van der Waals surface area contributed by atoms with E-state index in [1.54, 1.807) is 0 Å². The Morgan fingerprint density at radius 3 is 2.13 bits per heavy atom. The largest absolute Gasteiger partial charge is 0.392 e. The van der Waals surface area contributed by atoms with Crippen LogP contribution in [0.4, 0.5) is 0 Å². The molecule has 1 unspecified atom stereocenters. The van der Waals surface area contributed by atoms with Gasteiger partial charge in [0.1, 0.15) is 0 Å². The number of aliphatic hydroxyl groups excluding tert-OH is 1. The molecule has 2 fully saturated rings. The van der Waals surface area contributed by atoms with Crippen molar-refractivity contribution in [2.45, 2.75) is 51.3 Å². The molecule has 0 radical (unpaired) electrons. The van der Waals surface area contributed by atoms with Crippen LogP contribution >= 0.6 is 0 Å². The number of hydrogen-bond acceptors (Lipinski definition) is 4. The first kappa shape index (κ1) is 21.5. The van der Waals surface area contributed by atoms with Gasteiger partial charge in [-0.2, -0.15) is 0 Å². The minimum absolute atomic E-state index is 0.0739. The van der Waals surface area contributed by atoms with Crippen molar-refractivity contribution in [2.24, 2.45) is 22.5 Å². The lowest BCUT2D eigenvalue weighted by Gasteiger charge is -2.40. The normalized spacial score (nSPS) is 29.6. The molecular weight excluding hydrogens is 396 g/mol. The molecule has 0 amide bonds. The van der Waals surface area contributed by atoms with Crippen molar-refractivity contribution in [3.63, 3.8) is 0 Å². The minimum Gasteiger partial charge on any atom is -0.392 e. The first-order valence-electron chi connectivity index (χ1n) is 10.7. The van der Waals surface area contributed by atoms with Gasteiger partial charge in [0.15, 0.2) is 0 Å². The fraction of sp³-hybridized carbons (Fsp3) is 0.500. The Balaban J connectivity index is 1.64. The van der Waals surface area contributed by atoms with Crippen molar-refractivity contribution >= 4 is 10.0 Å². The van der Waals surface area contributed by atoms with E-state index in [0.29, 0.717) is 12.3 Å². The Morgan fingerprint density at radius 1 is 1.07 bits per heavy atom. The van der Waals surface area contributed by atoms with Crippen LogP contribution in [-0.4, -0.2) is 25.4 Å². The van der Waals surface area contributed by atoms with E-state index in [1.807, 2.05) is 60.7 Å². The van der Waals surface area contributed by atoms with Crippen LogP contribution in [-0.2, 0) is 10.0 Å². The molecule has 4 rings (SSSR count). The van der Waals surface area contributed by atoms with Gasteiger partial charge in [0.05, 0.1) is 23.9 Å². The van der Waals surface area contributed by atoms with Crippen LogP contribution in [0.15, 0.2) is 60.7 Å². The predicted molar refractivity (Wildman–Crippen MR) is 119 cm³/mol. The van der Waals surface area contributed by atoms with E-state index in [0.717, 1.165) is 24.0 Å². The van der Waals surface area contributed by atoms with Crippen LogP contribution in [0.1, 0.15) is 56.3 Å². The van der Waals surface area contributed by atoms with Gasteiger partial charge in [-0.15, -0.1) is 0 Å². The summed E-state index contributed by atoms with van der Waals surface area (Å²) < 4.78 is 29.8. The lowest BCUT2D eigenvalue weighted by atomic mass is 9.70.